The monoisotopic (exact) mass is 286 g/mol. The van der Waals surface area contributed by atoms with Gasteiger partial charge < -0.3 is 20.8 Å². The maximum Gasteiger partial charge on any atom is 0.332 e. The van der Waals surface area contributed by atoms with Crippen molar-refractivity contribution in [3.63, 3.8) is 0 Å². The van der Waals surface area contributed by atoms with Crippen molar-refractivity contribution >= 4 is 29.3 Å². The number of aryl methyl sites for hydroxylation is 1. The van der Waals surface area contributed by atoms with E-state index in [0.717, 1.165) is 5.56 Å². The van der Waals surface area contributed by atoms with Crippen LogP contribution in [0.1, 0.15) is 12.0 Å². The maximum atomic E-state index is 11.5. The molecule has 2 amide bonds. The van der Waals surface area contributed by atoms with Gasteiger partial charge in [-0.05, 0) is 24.6 Å². The molecule has 0 saturated heterocycles. The molecule has 0 aliphatic rings. The average molecular weight is 287 g/mol. The molecule has 0 saturated carbocycles. The van der Waals surface area contributed by atoms with E-state index in [1.807, 2.05) is 13.0 Å². The number of carboxylic acids is 1. The van der Waals surface area contributed by atoms with E-state index in [0.29, 0.717) is 10.7 Å². The van der Waals surface area contributed by atoms with Gasteiger partial charge in [0.15, 0.2) is 6.10 Å². The van der Waals surface area contributed by atoms with E-state index < -0.39 is 18.1 Å². The number of hydrogen-bond donors (Lipinski definition) is 4. The number of anilines is 1. The predicted octanol–water partition coefficient (Wildman–Crippen LogP) is 1.61. The Morgan fingerprint density at radius 3 is 2.74 bits per heavy atom. The number of nitrogens with one attached hydrogen (secondary N) is 2. The highest BCUT2D eigenvalue weighted by Crippen LogP contribution is 2.22. The van der Waals surface area contributed by atoms with Crippen LogP contribution in [0.25, 0.3) is 0 Å². The quantitative estimate of drug-likeness (QED) is 0.661. The number of hydrogen-bond acceptors (Lipinski definition) is 3. The molecule has 19 heavy (non-hydrogen) atoms. The molecule has 4 N–H and O–H groups in total. The molecule has 6 nitrogen and oxygen atoms in total. The summed E-state index contributed by atoms with van der Waals surface area (Å²) in [7, 11) is 0. The van der Waals surface area contributed by atoms with Crippen LogP contribution in [0.2, 0.25) is 5.02 Å². The molecule has 0 fully saturated rings. The number of carbonyl (C=O) groups is 2. The largest absolute Gasteiger partial charge is 0.479 e. The van der Waals surface area contributed by atoms with E-state index >= 15 is 0 Å². The van der Waals surface area contributed by atoms with E-state index in [4.69, 9.17) is 21.8 Å². The first-order valence-electron chi connectivity index (χ1n) is 5.62. The fourth-order valence-electron chi connectivity index (χ4n) is 1.35. The fraction of sp³-hybridized carbons (Fsp3) is 0.333. The Balaban J connectivity index is 2.43. The molecule has 0 heterocycles. The van der Waals surface area contributed by atoms with Crippen LogP contribution in [0, 0.1) is 6.92 Å². The second kappa shape index (κ2) is 6.96. The van der Waals surface area contributed by atoms with Gasteiger partial charge in [-0.2, -0.15) is 0 Å². The van der Waals surface area contributed by atoms with Gasteiger partial charge >= 0.3 is 12.0 Å². The van der Waals surface area contributed by atoms with Gasteiger partial charge in [-0.25, -0.2) is 9.59 Å². The van der Waals surface area contributed by atoms with E-state index in [1.54, 1.807) is 12.1 Å². The van der Waals surface area contributed by atoms with Gasteiger partial charge in [0.05, 0.1) is 10.7 Å². The average Bonchev–Trinajstić information content (AvgIpc) is 2.33. The van der Waals surface area contributed by atoms with Crippen molar-refractivity contribution in [1.82, 2.24) is 5.32 Å². The number of carbonyl (C=O) groups excluding carboxylic acids is 1. The topological polar surface area (TPSA) is 98.7 Å². The van der Waals surface area contributed by atoms with Crippen molar-refractivity contribution in [3.05, 3.63) is 28.8 Å². The zero-order valence-electron chi connectivity index (χ0n) is 10.3. The summed E-state index contributed by atoms with van der Waals surface area (Å²) in [5.74, 6) is -1.32. The molecule has 7 heteroatoms. The van der Waals surface area contributed by atoms with Gasteiger partial charge in [0, 0.05) is 13.0 Å². The highest BCUT2D eigenvalue weighted by molar-refractivity contribution is 6.33. The number of amides is 2. The van der Waals surface area contributed by atoms with Gasteiger partial charge in [0.1, 0.15) is 0 Å². The van der Waals surface area contributed by atoms with Gasteiger partial charge in [0.2, 0.25) is 0 Å². The van der Waals surface area contributed by atoms with Gasteiger partial charge in [-0.15, -0.1) is 0 Å². The Hall–Kier alpha value is -1.79. The molecule has 1 aromatic rings. The second-order valence-electron chi connectivity index (χ2n) is 4.01. The summed E-state index contributed by atoms with van der Waals surface area (Å²) >= 11 is 5.91. The molecule has 0 aliphatic carbocycles. The van der Waals surface area contributed by atoms with Gasteiger partial charge in [0.25, 0.3) is 0 Å². The molecule has 0 aromatic heterocycles. The van der Waals surface area contributed by atoms with Crippen molar-refractivity contribution in [2.24, 2.45) is 0 Å². The summed E-state index contributed by atoms with van der Waals surface area (Å²) in [6, 6.07) is 4.69. The number of benzene rings is 1. The number of carboxylic acid groups (broad SMARTS) is 1. The van der Waals surface area contributed by atoms with Crippen molar-refractivity contribution in [2.75, 3.05) is 11.9 Å². The molecule has 1 atom stereocenters. The SMILES string of the molecule is Cc1ccc(Cl)c(NC(=O)NCCC(O)C(=O)O)c1. The number of aliphatic hydroxyl groups is 1. The lowest BCUT2D eigenvalue weighted by molar-refractivity contribution is -0.146. The normalized spacial score (nSPS) is 11.7. The van der Waals surface area contributed by atoms with Crippen LogP contribution in [-0.2, 0) is 4.79 Å². The first kappa shape index (κ1) is 15.3. The Morgan fingerprint density at radius 1 is 1.42 bits per heavy atom. The lowest BCUT2D eigenvalue weighted by Crippen LogP contribution is -2.33. The summed E-state index contributed by atoms with van der Waals surface area (Å²) in [5, 5.41) is 22.9. The van der Waals surface area contributed by atoms with Crippen molar-refractivity contribution in [1.29, 1.82) is 0 Å². The first-order chi connectivity index (χ1) is 8.90. The molecule has 1 rings (SSSR count). The Labute approximate surface area is 115 Å². The maximum absolute atomic E-state index is 11.5. The van der Waals surface area contributed by atoms with Crippen molar-refractivity contribution in [3.8, 4) is 0 Å². The molecule has 0 bridgehead atoms. The minimum Gasteiger partial charge on any atom is -0.479 e. The smallest absolute Gasteiger partial charge is 0.332 e. The lowest BCUT2D eigenvalue weighted by atomic mass is 10.2. The zero-order chi connectivity index (χ0) is 14.4. The standard InChI is InChI=1S/C12H15ClN2O4/c1-7-2-3-8(13)9(6-7)15-12(19)14-5-4-10(16)11(17)18/h2-3,6,10,16H,4-5H2,1H3,(H,17,18)(H2,14,15,19). The van der Waals surface area contributed by atoms with Crippen LogP contribution in [0.15, 0.2) is 18.2 Å². The van der Waals surface area contributed by atoms with Gasteiger partial charge in [-0.3, -0.25) is 0 Å². The van der Waals surface area contributed by atoms with Crippen LogP contribution in [-0.4, -0.2) is 34.9 Å². The lowest BCUT2D eigenvalue weighted by Gasteiger charge is -2.10. The Bertz CT molecular complexity index is 479. The van der Waals surface area contributed by atoms with E-state index in [-0.39, 0.29) is 13.0 Å². The third-order valence-electron chi connectivity index (χ3n) is 2.36. The first-order valence-corrected chi connectivity index (χ1v) is 6.00. The molecule has 104 valence electrons. The van der Waals surface area contributed by atoms with Crippen LogP contribution in [0.5, 0.6) is 0 Å². The number of rotatable bonds is 5. The summed E-state index contributed by atoms with van der Waals surface area (Å²) in [6.45, 7) is 1.91. The van der Waals surface area contributed by atoms with Crippen LogP contribution < -0.4 is 10.6 Å². The number of halogens is 1. The molecular formula is C12H15ClN2O4. The summed E-state index contributed by atoms with van der Waals surface area (Å²) in [6.07, 6.45) is -1.55. The molecule has 0 radical (unpaired) electrons. The Morgan fingerprint density at radius 2 is 2.11 bits per heavy atom. The number of aliphatic hydroxyl groups excluding tert-OH is 1. The number of aliphatic carboxylic acids is 1. The summed E-state index contributed by atoms with van der Waals surface area (Å²) in [4.78, 5) is 21.9. The second-order valence-corrected chi connectivity index (χ2v) is 4.41. The minimum absolute atomic E-state index is 0.0444. The highest BCUT2D eigenvalue weighted by Gasteiger charge is 2.13. The van der Waals surface area contributed by atoms with Crippen molar-refractivity contribution < 1.29 is 19.8 Å². The molecule has 1 unspecified atom stereocenters. The minimum atomic E-state index is -1.48. The molecule has 0 aliphatic heterocycles. The fourth-order valence-corrected chi connectivity index (χ4v) is 1.51. The molecule has 1 aromatic carbocycles. The molecule has 0 spiro atoms. The zero-order valence-corrected chi connectivity index (χ0v) is 11.1. The molecular weight excluding hydrogens is 272 g/mol. The Kier molecular flexibility index (Phi) is 5.59. The van der Waals surface area contributed by atoms with Crippen LogP contribution in [0.4, 0.5) is 10.5 Å². The highest BCUT2D eigenvalue weighted by atomic mass is 35.5. The van der Waals surface area contributed by atoms with E-state index in [9.17, 15) is 9.59 Å². The van der Waals surface area contributed by atoms with Crippen LogP contribution in [0.3, 0.4) is 0 Å². The van der Waals surface area contributed by atoms with E-state index in [1.165, 1.54) is 0 Å². The van der Waals surface area contributed by atoms with Gasteiger partial charge in [-0.1, -0.05) is 17.7 Å². The van der Waals surface area contributed by atoms with E-state index in [2.05, 4.69) is 10.6 Å². The third kappa shape index (κ3) is 5.15. The number of urea groups is 1. The summed E-state index contributed by atoms with van der Waals surface area (Å²) < 4.78 is 0. The third-order valence-corrected chi connectivity index (χ3v) is 2.69. The van der Waals surface area contributed by atoms with Crippen molar-refractivity contribution in [2.45, 2.75) is 19.4 Å². The summed E-state index contributed by atoms with van der Waals surface area (Å²) in [5.41, 5.74) is 1.42. The van der Waals surface area contributed by atoms with Crippen LogP contribution >= 0.6 is 11.6 Å². The predicted molar refractivity (Wildman–Crippen MR) is 71.5 cm³/mol.